The van der Waals surface area contributed by atoms with Crippen molar-refractivity contribution in [2.45, 2.75) is 6.42 Å². The molecular weight excluding hydrogens is 357 g/mol. The summed E-state index contributed by atoms with van der Waals surface area (Å²) in [6, 6.07) is 19.0. The van der Waals surface area contributed by atoms with E-state index < -0.39 is 0 Å². The number of ether oxygens (including phenoxy) is 2. The Balaban J connectivity index is 1.92. The number of hydrogen-bond donors (Lipinski definition) is 1. The molecule has 0 heterocycles. The van der Waals surface area contributed by atoms with E-state index in [9.17, 15) is 0 Å². The predicted octanol–water partition coefficient (Wildman–Crippen LogP) is 5.97. The van der Waals surface area contributed by atoms with E-state index in [1.165, 1.54) is 5.56 Å². The number of anilines is 1. The third-order valence-electron chi connectivity index (χ3n) is 3.73. The third-order valence-corrected chi connectivity index (χ3v) is 4.29. The second kappa shape index (κ2) is 7.68. The van der Waals surface area contributed by atoms with Gasteiger partial charge in [-0.1, -0.05) is 53.5 Å². The second-order valence-electron chi connectivity index (χ2n) is 5.55. The zero-order valence-corrected chi connectivity index (χ0v) is 15.1. The second-order valence-corrected chi connectivity index (χ2v) is 6.37. The quantitative estimate of drug-likeness (QED) is 0.560. The average Bonchev–Trinajstić information content (AvgIpc) is 2.59. The minimum atomic E-state index is 0.366. The highest BCUT2D eigenvalue weighted by Gasteiger charge is 2.12. The van der Waals surface area contributed by atoms with Crippen LogP contribution in [0.25, 0.3) is 0 Å². The van der Waals surface area contributed by atoms with Gasteiger partial charge in [-0.2, -0.15) is 0 Å². The standard InChI is InChI=1S/C20H17Cl2NO2/c1-24-19-8-7-16(10-14(19)9-13-5-3-2-4-6-13)25-20-17(21)11-15(23)12-18(20)22/h2-8,10-12H,9,23H2,1H3. The average molecular weight is 374 g/mol. The van der Waals surface area contributed by atoms with Gasteiger partial charge in [0, 0.05) is 17.7 Å². The van der Waals surface area contributed by atoms with Crippen LogP contribution in [0.3, 0.4) is 0 Å². The van der Waals surface area contributed by atoms with E-state index in [0.29, 0.717) is 27.2 Å². The number of nitrogen functional groups attached to an aromatic ring is 1. The van der Waals surface area contributed by atoms with Crippen LogP contribution >= 0.6 is 23.2 Å². The van der Waals surface area contributed by atoms with Gasteiger partial charge in [0.1, 0.15) is 11.5 Å². The Morgan fingerprint density at radius 2 is 1.60 bits per heavy atom. The monoisotopic (exact) mass is 373 g/mol. The van der Waals surface area contributed by atoms with Gasteiger partial charge < -0.3 is 15.2 Å². The van der Waals surface area contributed by atoms with Crippen molar-refractivity contribution >= 4 is 28.9 Å². The molecule has 0 atom stereocenters. The fourth-order valence-corrected chi connectivity index (χ4v) is 3.15. The van der Waals surface area contributed by atoms with Crippen molar-refractivity contribution < 1.29 is 9.47 Å². The number of methoxy groups -OCH3 is 1. The van der Waals surface area contributed by atoms with Crippen LogP contribution in [0, 0.1) is 0 Å². The molecule has 0 aliphatic rings. The lowest BCUT2D eigenvalue weighted by Crippen LogP contribution is -1.96. The molecule has 128 valence electrons. The summed E-state index contributed by atoms with van der Waals surface area (Å²) >= 11 is 12.4. The zero-order valence-electron chi connectivity index (χ0n) is 13.6. The van der Waals surface area contributed by atoms with Crippen LogP contribution in [0.4, 0.5) is 5.69 Å². The molecule has 0 aliphatic heterocycles. The topological polar surface area (TPSA) is 44.5 Å². The molecule has 0 saturated carbocycles. The molecule has 0 spiro atoms. The maximum Gasteiger partial charge on any atom is 0.164 e. The summed E-state index contributed by atoms with van der Waals surface area (Å²) < 4.78 is 11.4. The van der Waals surface area contributed by atoms with E-state index in [0.717, 1.165) is 17.7 Å². The molecule has 0 amide bonds. The first-order chi connectivity index (χ1) is 12.1. The highest BCUT2D eigenvalue weighted by molar-refractivity contribution is 6.37. The largest absolute Gasteiger partial charge is 0.496 e. The molecule has 3 aromatic carbocycles. The van der Waals surface area contributed by atoms with Crippen LogP contribution in [0.2, 0.25) is 10.0 Å². The molecule has 3 nitrogen and oxygen atoms in total. The maximum absolute atomic E-state index is 6.20. The molecule has 0 unspecified atom stereocenters. The Morgan fingerprint density at radius 3 is 2.24 bits per heavy atom. The lowest BCUT2D eigenvalue weighted by molar-refractivity contribution is 0.408. The summed E-state index contributed by atoms with van der Waals surface area (Å²) in [5.74, 6) is 1.80. The van der Waals surface area contributed by atoms with Crippen LogP contribution in [0.5, 0.6) is 17.2 Å². The molecule has 0 aliphatic carbocycles. The molecule has 0 bridgehead atoms. The molecule has 0 radical (unpaired) electrons. The molecule has 3 aromatic rings. The van der Waals surface area contributed by atoms with Crippen molar-refractivity contribution in [1.82, 2.24) is 0 Å². The number of hydrogen-bond acceptors (Lipinski definition) is 3. The molecule has 0 aromatic heterocycles. The Bertz CT molecular complexity index is 859. The van der Waals surface area contributed by atoms with Crippen molar-refractivity contribution in [2.24, 2.45) is 0 Å². The number of halogens is 2. The fraction of sp³-hybridized carbons (Fsp3) is 0.100. The summed E-state index contributed by atoms with van der Waals surface area (Å²) in [7, 11) is 1.65. The molecular formula is C20H17Cl2NO2. The fourth-order valence-electron chi connectivity index (χ4n) is 2.57. The van der Waals surface area contributed by atoms with E-state index in [1.807, 2.05) is 36.4 Å². The lowest BCUT2D eigenvalue weighted by Gasteiger charge is -2.14. The first-order valence-electron chi connectivity index (χ1n) is 7.70. The van der Waals surface area contributed by atoms with Gasteiger partial charge in [-0.25, -0.2) is 0 Å². The van der Waals surface area contributed by atoms with E-state index in [1.54, 1.807) is 19.2 Å². The third kappa shape index (κ3) is 4.19. The lowest BCUT2D eigenvalue weighted by atomic mass is 10.0. The Kier molecular flexibility index (Phi) is 5.37. The van der Waals surface area contributed by atoms with Gasteiger partial charge in [-0.15, -0.1) is 0 Å². The first-order valence-corrected chi connectivity index (χ1v) is 8.45. The summed E-state index contributed by atoms with van der Waals surface area (Å²) in [5, 5.41) is 0.732. The zero-order chi connectivity index (χ0) is 17.8. The van der Waals surface area contributed by atoms with Crippen molar-refractivity contribution in [1.29, 1.82) is 0 Å². The van der Waals surface area contributed by atoms with Crippen LogP contribution < -0.4 is 15.2 Å². The number of nitrogens with two attached hydrogens (primary N) is 1. The van der Waals surface area contributed by atoms with Gasteiger partial charge in [-0.3, -0.25) is 0 Å². The predicted molar refractivity (Wildman–Crippen MR) is 103 cm³/mol. The minimum Gasteiger partial charge on any atom is -0.496 e. The van der Waals surface area contributed by atoms with Gasteiger partial charge in [0.25, 0.3) is 0 Å². The first kappa shape index (κ1) is 17.5. The van der Waals surface area contributed by atoms with Crippen LogP contribution in [-0.4, -0.2) is 7.11 Å². The normalized spacial score (nSPS) is 10.5. The Labute approximate surface area is 156 Å². The Hall–Kier alpha value is -2.36. The van der Waals surface area contributed by atoms with Gasteiger partial charge in [0.15, 0.2) is 5.75 Å². The summed E-state index contributed by atoms with van der Waals surface area (Å²) in [4.78, 5) is 0. The maximum atomic E-state index is 6.20. The molecule has 5 heteroatoms. The van der Waals surface area contributed by atoms with Crippen molar-refractivity contribution in [3.05, 3.63) is 81.8 Å². The van der Waals surface area contributed by atoms with Gasteiger partial charge >= 0.3 is 0 Å². The van der Waals surface area contributed by atoms with Crippen molar-refractivity contribution in [3.63, 3.8) is 0 Å². The highest BCUT2D eigenvalue weighted by atomic mass is 35.5. The van der Waals surface area contributed by atoms with Gasteiger partial charge in [0.2, 0.25) is 0 Å². The van der Waals surface area contributed by atoms with E-state index >= 15 is 0 Å². The molecule has 3 rings (SSSR count). The van der Waals surface area contributed by atoms with E-state index in [-0.39, 0.29) is 0 Å². The van der Waals surface area contributed by atoms with Crippen molar-refractivity contribution in [3.8, 4) is 17.2 Å². The molecule has 0 fully saturated rings. The Morgan fingerprint density at radius 1 is 0.920 bits per heavy atom. The highest BCUT2D eigenvalue weighted by Crippen LogP contribution is 2.39. The SMILES string of the molecule is COc1ccc(Oc2c(Cl)cc(N)cc2Cl)cc1Cc1ccccc1. The minimum absolute atomic E-state index is 0.366. The van der Waals surface area contributed by atoms with Crippen LogP contribution in [0.1, 0.15) is 11.1 Å². The molecule has 2 N–H and O–H groups in total. The van der Waals surface area contributed by atoms with E-state index in [4.69, 9.17) is 38.4 Å². The van der Waals surface area contributed by atoms with Crippen molar-refractivity contribution in [2.75, 3.05) is 12.8 Å². The smallest absolute Gasteiger partial charge is 0.164 e. The summed E-state index contributed by atoms with van der Waals surface area (Å²) in [5.41, 5.74) is 8.41. The molecule has 25 heavy (non-hydrogen) atoms. The van der Waals surface area contributed by atoms with Crippen LogP contribution in [0.15, 0.2) is 60.7 Å². The van der Waals surface area contributed by atoms with Gasteiger partial charge in [0.05, 0.1) is 17.2 Å². The number of rotatable bonds is 5. The molecule has 0 saturated heterocycles. The summed E-state index contributed by atoms with van der Waals surface area (Å²) in [6.07, 6.45) is 0.727. The number of benzene rings is 3. The summed E-state index contributed by atoms with van der Waals surface area (Å²) in [6.45, 7) is 0. The van der Waals surface area contributed by atoms with Crippen LogP contribution in [-0.2, 0) is 6.42 Å². The van der Waals surface area contributed by atoms with E-state index in [2.05, 4.69) is 12.1 Å². The van der Waals surface area contributed by atoms with Gasteiger partial charge in [-0.05, 0) is 35.9 Å².